The van der Waals surface area contributed by atoms with Crippen LogP contribution in [0.5, 0.6) is 0 Å². The minimum Gasteiger partial charge on any atom is -0.392 e. The summed E-state index contributed by atoms with van der Waals surface area (Å²) < 4.78 is 0. The van der Waals surface area contributed by atoms with Crippen LogP contribution in [-0.2, 0) is 6.54 Å². The van der Waals surface area contributed by atoms with Crippen LogP contribution in [0.3, 0.4) is 0 Å². The molecule has 1 saturated heterocycles. The van der Waals surface area contributed by atoms with Gasteiger partial charge in [-0.05, 0) is 45.2 Å². The van der Waals surface area contributed by atoms with Crippen molar-refractivity contribution in [2.75, 3.05) is 12.3 Å². The summed E-state index contributed by atoms with van der Waals surface area (Å²) in [6, 6.07) is 0.209. The van der Waals surface area contributed by atoms with E-state index in [1.807, 2.05) is 6.92 Å². The predicted molar refractivity (Wildman–Crippen MR) is 95.6 cm³/mol. The molecule has 126 valence electrons. The maximum absolute atomic E-state index is 10.3. The largest absolute Gasteiger partial charge is 0.392 e. The van der Waals surface area contributed by atoms with Crippen molar-refractivity contribution < 1.29 is 5.11 Å². The van der Waals surface area contributed by atoms with Gasteiger partial charge in [-0.3, -0.25) is 4.90 Å². The number of aryl methyl sites for hydroxylation is 2. The monoisotopic (exact) mass is 334 g/mol. The Morgan fingerprint density at radius 2 is 2.13 bits per heavy atom. The minimum atomic E-state index is -0.275. The van der Waals surface area contributed by atoms with Gasteiger partial charge in [0, 0.05) is 10.9 Å². The van der Waals surface area contributed by atoms with E-state index in [2.05, 4.69) is 23.7 Å². The fourth-order valence-electron chi connectivity index (χ4n) is 3.50. The molecule has 0 bridgehead atoms. The SMILES string of the molecule is CCC(O)C1CCCCN1Cc1nc(N)c2c(C)c(C)sc2n1. The number of fused-ring (bicyclic) bond motifs is 1. The lowest BCUT2D eigenvalue weighted by Gasteiger charge is -2.37. The molecule has 23 heavy (non-hydrogen) atoms. The van der Waals surface area contributed by atoms with Crippen LogP contribution in [0, 0.1) is 13.8 Å². The topological polar surface area (TPSA) is 75.3 Å². The predicted octanol–water partition coefficient (Wildman–Crippen LogP) is 3.02. The summed E-state index contributed by atoms with van der Waals surface area (Å²) in [6.07, 6.45) is 3.91. The van der Waals surface area contributed by atoms with Gasteiger partial charge < -0.3 is 10.8 Å². The van der Waals surface area contributed by atoms with Gasteiger partial charge in [-0.15, -0.1) is 11.3 Å². The van der Waals surface area contributed by atoms with Crippen LogP contribution >= 0.6 is 11.3 Å². The minimum absolute atomic E-state index is 0.209. The fourth-order valence-corrected chi connectivity index (χ4v) is 4.56. The number of nitrogens with two attached hydrogens (primary N) is 1. The second-order valence-corrected chi connectivity index (χ2v) is 7.70. The normalized spacial score (nSPS) is 21.0. The number of nitrogen functional groups attached to an aromatic ring is 1. The highest BCUT2D eigenvalue weighted by Crippen LogP contribution is 2.32. The number of hydrogen-bond acceptors (Lipinski definition) is 6. The molecule has 1 aliphatic rings. The molecule has 3 rings (SSSR count). The first-order valence-electron chi connectivity index (χ1n) is 8.45. The van der Waals surface area contributed by atoms with E-state index in [0.717, 1.165) is 35.4 Å². The highest BCUT2D eigenvalue weighted by atomic mass is 32.1. The summed E-state index contributed by atoms with van der Waals surface area (Å²) >= 11 is 1.68. The number of thiophene rings is 1. The lowest BCUT2D eigenvalue weighted by atomic mass is 9.96. The molecule has 1 fully saturated rings. The third-order valence-electron chi connectivity index (χ3n) is 4.97. The summed E-state index contributed by atoms with van der Waals surface area (Å²) in [6.45, 7) is 7.86. The van der Waals surface area contributed by atoms with Crippen LogP contribution in [0.25, 0.3) is 10.2 Å². The quantitative estimate of drug-likeness (QED) is 0.899. The molecule has 3 heterocycles. The maximum atomic E-state index is 10.3. The molecule has 0 radical (unpaired) electrons. The van der Waals surface area contributed by atoms with E-state index in [1.165, 1.54) is 23.3 Å². The van der Waals surface area contributed by atoms with Crippen LogP contribution in [0.1, 0.15) is 48.9 Å². The molecular weight excluding hydrogens is 308 g/mol. The Balaban J connectivity index is 1.88. The van der Waals surface area contributed by atoms with Gasteiger partial charge in [0.1, 0.15) is 16.5 Å². The zero-order chi connectivity index (χ0) is 16.6. The summed E-state index contributed by atoms with van der Waals surface area (Å²) in [4.78, 5) is 13.8. The van der Waals surface area contributed by atoms with E-state index >= 15 is 0 Å². The van der Waals surface area contributed by atoms with Crippen molar-refractivity contribution in [2.45, 2.75) is 65.1 Å². The molecule has 0 aliphatic carbocycles. The highest BCUT2D eigenvalue weighted by molar-refractivity contribution is 7.18. The number of aliphatic hydroxyl groups is 1. The van der Waals surface area contributed by atoms with Crippen molar-refractivity contribution in [1.82, 2.24) is 14.9 Å². The lowest BCUT2D eigenvalue weighted by molar-refractivity contribution is 0.0183. The van der Waals surface area contributed by atoms with Crippen LogP contribution in [-0.4, -0.2) is 38.7 Å². The molecule has 2 unspecified atom stereocenters. The number of rotatable bonds is 4. The van der Waals surface area contributed by atoms with Gasteiger partial charge in [-0.1, -0.05) is 13.3 Å². The zero-order valence-electron chi connectivity index (χ0n) is 14.2. The molecule has 0 saturated carbocycles. The summed E-state index contributed by atoms with van der Waals surface area (Å²) in [5.74, 6) is 1.35. The van der Waals surface area contributed by atoms with Crippen molar-refractivity contribution in [3.8, 4) is 0 Å². The molecule has 0 aromatic carbocycles. The van der Waals surface area contributed by atoms with E-state index < -0.39 is 0 Å². The molecule has 5 nitrogen and oxygen atoms in total. The molecule has 6 heteroatoms. The standard InChI is InChI=1S/C17H26N4OS/c1-4-13(22)12-7-5-6-8-21(12)9-14-19-16(18)15-10(2)11(3)23-17(15)20-14/h12-13,22H,4-9H2,1-3H3,(H2,18,19,20). The summed E-state index contributed by atoms with van der Waals surface area (Å²) in [5, 5.41) is 11.3. The first-order valence-corrected chi connectivity index (χ1v) is 9.27. The van der Waals surface area contributed by atoms with Crippen LogP contribution in [0.15, 0.2) is 0 Å². The Kier molecular flexibility index (Phi) is 4.85. The lowest BCUT2D eigenvalue weighted by Crippen LogP contribution is -2.46. The third-order valence-corrected chi connectivity index (χ3v) is 6.08. The van der Waals surface area contributed by atoms with E-state index in [0.29, 0.717) is 12.4 Å². The van der Waals surface area contributed by atoms with Gasteiger partial charge in [-0.25, -0.2) is 9.97 Å². The Morgan fingerprint density at radius 1 is 1.35 bits per heavy atom. The van der Waals surface area contributed by atoms with Crippen molar-refractivity contribution in [1.29, 1.82) is 0 Å². The smallest absolute Gasteiger partial charge is 0.146 e. The van der Waals surface area contributed by atoms with E-state index in [4.69, 9.17) is 10.7 Å². The third kappa shape index (κ3) is 3.20. The van der Waals surface area contributed by atoms with Gasteiger partial charge in [0.2, 0.25) is 0 Å². The number of aliphatic hydroxyl groups excluding tert-OH is 1. The molecule has 2 atom stereocenters. The molecule has 2 aromatic rings. The number of aromatic nitrogens is 2. The van der Waals surface area contributed by atoms with E-state index in [1.54, 1.807) is 11.3 Å². The second kappa shape index (κ2) is 6.71. The van der Waals surface area contributed by atoms with Crippen molar-refractivity contribution in [2.24, 2.45) is 0 Å². The van der Waals surface area contributed by atoms with E-state index in [9.17, 15) is 5.11 Å². The Bertz CT molecular complexity index is 699. The van der Waals surface area contributed by atoms with Gasteiger partial charge in [0.25, 0.3) is 0 Å². The highest BCUT2D eigenvalue weighted by Gasteiger charge is 2.28. The molecule has 3 N–H and O–H groups in total. The van der Waals surface area contributed by atoms with Crippen LogP contribution < -0.4 is 5.73 Å². The molecule has 1 aliphatic heterocycles. The Morgan fingerprint density at radius 3 is 2.87 bits per heavy atom. The molecule has 0 amide bonds. The van der Waals surface area contributed by atoms with Gasteiger partial charge in [0.15, 0.2) is 0 Å². The average molecular weight is 334 g/mol. The number of piperidine rings is 1. The summed E-state index contributed by atoms with van der Waals surface area (Å²) in [5.41, 5.74) is 7.37. The molecular formula is C17H26N4OS. The average Bonchev–Trinajstić information content (AvgIpc) is 2.82. The Labute approximate surface area is 141 Å². The molecule has 0 spiro atoms. The second-order valence-electron chi connectivity index (χ2n) is 6.50. The fraction of sp³-hybridized carbons (Fsp3) is 0.647. The van der Waals surface area contributed by atoms with Crippen LogP contribution in [0.4, 0.5) is 5.82 Å². The van der Waals surface area contributed by atoms with E-state index in [-0.39, 0.29) is 12.1 Å². The molecule has 2 aromatic heterocycles. The van der Waals surface area contributed by atoms with Crippen LogP contribution in [0.2, 0.25) is 0 Å². The van der Waals surface area contributed by atoms with Gasteiger partial charge in [0.05, 0.1) is 18.0 Å². The number of anilines is 1. The number of nitrogens with zero attached hydrogens (tertiary/aromatic N) is 3. The van der Waals surface area contributed by atoms with Gasteiger partial charge >= 0.3 is 0 Å². The zero-order valence-corrected chi connectivity index (χ0v) is 15.0. The first kappa shape index (κ1) is 16.6. The summed E-state index contributed by atoms with van der Waals surface area (Å²) in [7, 11) is 0. The van der Waals surface area contributed by atoms with Gasteiger partial charge in [-0.2, -0.15) is 0 Å². The maximum Gasteiger partial charge on any atom is 0.146 e. The number of hydrogen-bond donors (Lipinski definition) is 2. The Hall–Kier alpha value is -1.24. The van der Waals surface area contributed by atoms with Crippen molar-refractivity contribution in [3.63, 3.8) is 0 Å². The number of likely N-dealkylation sites (tertiary alicyclic amines) is 1. The van der Waals surface area contributed by atoms with Crippen molar-refractivity contribution in [3.05, 3.63) is 16.3 Å². The first-order chi connectivity index (χ1) is 11.0. The van der Waals surface area contributed by atoms with Crippen molar-refractivity contribution >= 4 is 27.4 Å².